The number of hydrogen-bond donors (Lipinski definition) is 1. The first-order valence-electron chi connectivity index (χ1n) is 6.38. The molecule has 1 heterocycles. The fourth-order valence-corrected chi connectivity index (χ4v) is 2.39. The van der Waals surface area contributed by atoms with E-state index in [1.807, 2.05) is 29.2 Å². The van der Waals surface area contributed by atoms with E-state index in [2.05, 4.69) is 5.32 Å². The Morgan fingerprint density at radius 1 is 1.33 bits per heavy atom. The number of rotatable bonds is 3. The Hall–Kier alpha value is -1.06. The van der Waals surface area contributed by atoms with Gasteiger partial charge >= 0.3 is 0 Å². The molecule has 2 rings (SSSR count). The zero-order chi connectivity index (χ0) is 13.0. The molecule has 1 aromatic rings. The molecule has 1 amide bonds. The van der Waals surface area contributed by atoms with Crippen molar-refractivity contribution in [3.63, 3.8) is 0 Å². The molecule has 18 heavy (non-hydrogen) atoms. The van der Waals surface area contributed by atoms with Gasteiger partial charge in [-0.3, -0.25) is 4.79 Å². The second-order valence-electron chi connectivity index (χ2n) is 4.79. The van der Waals surface area contributed by atoms with Crippen LogP contribution in [0.1, 0.15) is 25.3 Å². The summed E-state index contributed by atoms with van der Waals surface area (Å²) >= 11 is 5.85. The summed E-state index contributed by atoms with van der Waals surface area (Å²) in [7, 11) is 0. The molecule has 0 radical (unpaired) electrons. The van der Waals surface area contributed by atoms with Crippen LogP contribution in [0.15, 0.2) is 24.3 Å². The first-order chi connectivity index (χ1) is 8.65. The summed E-state index contributed by atoms with van der Waals surface area (Å²) in [6.07, 6.45) is 2.07. The smallest absolute Gasteiger partial charge is 0.219 e. The van der Waals surface area contributed by atoms with Crippen molar-refractivity contribution in [1.29, 1.82) is 0 Å². The Bertz CT molecular complexity index is 397. The van der Waals surface area contributed by atoms with Crippen LogP contribution < -0.4 is 5.32 Å². The third-order valence-corrected chi connectivity index (χ3v) is 3.70. The lowest BCUT2D eigenvalue weighted by molar-refractivity contribution is -0.129. The van der Waals surface area contributed by atoms with E-state index in [9.17, 15) is 4.79 Å². The minimum atomic E-state index is 0.186. The molecule has 0 unspecified atom stereocenters. The topological polar surface area (TPSA) is 32.3 Å². The third-order valence-electron chi connectivity index (χ3n) is 3.45. The summed E-state index contributed by atoms with van der Waals surface area (Å²) in [5, 5.41) is 4.31. The standard InChI is InChI=1S/C14H19ClN2O/c1-11(18)17-8-6-14(7-9-17)16-10-12-2-4-13(15)5-3-12/h2-5,14,16H,6-10H2,1H3. The highest BCUT2D eigenvalue weighted by Crippen LogP contribution is 2.13. The Labute approximate surface area is 113 Å². The number of carbonyl (C=O) groups is 1. The fraction of sp³-hybridized carbons (Fsp3) is 0.500. The van der Waals surface area contributed by atoms with Gasteiger partial charge in [-0.15, -0.1) is 0 Å². The predicted molar refractivity (Wildman–Crippen MR) is 73.6 cm³/mol. The zero-order valence-corrected chi connectivity index (χ0v) is 11.4. The van der Waals surface area contributed by atoms with Crippen molar-refractivity contribution >= 4 is 17.5 Å². The molecule has 3 nitrogen and oxygen atoms in total. The van der Waals surface area contributed by atoms with Crippen LogP contribution in [0.25, 0.3) is 0 Å². The molecule has 0 spiro atoms. The summed E-state index contributed by atoms with van der Waals surface area (Å²) in [5.74, 6) is 0.186. The van der Waals surface area contributed by atoms with Gasteiger partial charge in [0.1, 0.15) is 0 Å². The van der Waals surface area contributed by atoms with Gasteiger partial charge in [0.25, 0.3) is 0 Å². The molecule has 1 fully saturated rings. The molecule has 98 valence electrons. The SMILES string of the molecule is CC(=O)N1CCC(NCc2ccc(Cl)cc2)CC1. The molecule has 1 aromatic carbocycles. The molecule has 0 bridgehead atoms. The van der Waals surface area contributed by atoms with E-state index in [0.29, 0.717) is 6.04 Å². The second kappa shape index (κ2) is 6.21. The van der Waals surface area contributed by atoms with Crippen LogP contribution in [0.4, 0.5) is 0 Å². The Balaban J connectivity index is 1.75. The maximum atomic E-state index is 11.2. The van der Waals surface area contributed by atoms with Crippen molar-refractivity contribution in [2.75, 3.05) is 13.1 Å². The Morgan fingerprint density at radius 2 is 1.94 bits per heavy atom. The summed E-state index contributed by atoms with van der Waals surface area (Å²) < 4.78 is 0. The summed E-state index contributed by atoms with van der Waals surface area (Å²) in [4.78, 5) is 13.1. The number of amides is 1. The maximum Gasteiger partial charge on any atom is 0.219 e. The van der Waals surface area contributed by atoms with Crippen LogP contribution in [0.2, 0.25) is 5.02 Å². The van der Waals surface area contributed by atoms with Crippen molar-refractivity contribution in [2.45, 2.75) is 32.4 Å². The highest BCUT2D eigenvalue weighted by atomic mass is 35.5. The lowest BCUT2D eigenvalue weighted by Crippen LogP contribution is -2.43. The Kier molecular flexibility index (Phi) is 4.61. The van der Waals surface area contributed by atoms with Crippen LogP contribution in [-0.2, 0) is 11.3 Å². The minimum Gasteiger partial charge on any atom is -0.343 e. The molecule has 1 aliphatic heterocycles. The number of carbonyl (C=O) groups excluding carboxylic acids is 1. The normalized spacial score (nSPS) is 16.9. The highest BCUT2D eigenvalue weighted by molar-refractivity contribution is 6.30. The largest absolute Gasteiger partial charge is 0.343 e. The van der Waals surface area contributed by atoms with Crippen LogP contribution in [0.3, 0.4) is 0 Å². The minimum absolute atomic E-state index is 0.186. The second-order valence-corrected chi connectivity index (χ2v) is 5.22. The molecule has 1 N–H and O–H groups in total. The quantitative estimate of drug-likeness (QED) is 0.911. The van der Waals surface area contributed by atoms with Gasteiger partial charge in [0.2, 0.25) is 5.91 Å². The van der Waals surface area contributed by atoms with Crippen molar-refractivity contribution in [1.82, 2.24) is 10.2 Å². The fourth-order valence-electron chi connectivity index (χ4n) is 2.26. The van der Waals surface area contributed by atoms with Crippen molar-refractivity contribution < 1.29 is 4.79 Å². The molecular formula is C14H19ClN2O. The van der Waals surface area contributed by atoms with Gasteiger partial charge in [0.15, 0.2) is 0 Å². The van der Waals surface area contributed by atoms with E-state index in [1.165, 1.54) is 5.56 Å². The molecule has 0 atom stereocenters. The van der Waals surface area contributed by atoms with Gasteiger partial charge in [0.05, 0.1) is 0 Å². The molecular weight excluding hydrogens is 248 g/mol. The average molecular weight is 267 g/mol. The number of likely N-dealkylation sites (tertiary alicyclic amines) is 1. The highest BCUT2D eigenvalue weighted by Gasteiger charge is 2.19. The van der Waals surface area contributed by atoms with Gasteiger partial charge in [-0.1, -0.05) is 23.7 Å². The molecule has 0 aromatic heterocycles. The van der Waals surface area contributed by atoms with E-state index in [-0.39, 0.29) is 5.91 Å². The molecule has 0 saturated carbocycles. The van der Waals surface area contributed by atoms with Gasteiger partial charge in [-0.2, -0.15) is 0 Å². The van der Waals surface area contributed by atoms with Gasteiger partial charge in [0, 0.05) is 37.6 Å². The lowest BCUT2D eigenvalue weighted by atomic mass is 10.0. The maximum absolute atomic E-state index is 11.2. The third kappa shape index (κ3) is 3.72. The summed E-state index contributed by atoms with van der Waals surface area (Å²) in [6, 6.07) is 8.42. The Morgan fingerprint density at radius 3 is 2.50 bits per heavy atom. The lowest BCUT2D eigenvalue weighted by Gasteiger charge is -2.31. The number of halogens is 1. The van der Waals surface area contributed by atoms with Crippen molar-refractivity contribution in [3.8, 4) is 0 Å². The number of hydrogen-bond acceptors (Lipinski definition) is 2. The van der Waals surface area contributed by atoms with Crippen molar-refractivity contribution in [3.05, 3.63) is 34.9 Å². The van der Waals surface area contributed by atoms with Gasteiger partial charge in [-0.25, -0.2) is 0 Å². The van der Waals surface area contributed by atoms with Crippen LogP contribution >= 0.6 is 11.6 Å². The van der Waals surface area contributed by atoms with Crippen LogP contribution in [0.5, 0.6) is 0 Å². The van der Waals surface area contributed by atoms with E-state index >= 15 is 0 Å². The number of nitrogens with zero attached hydrogens (tertiary/aromatic N) is 1. The van der Waals surface area contributed by atoms with E-state index in [1.54, 1.807) is 6.92 Å². The number of nitrogens with one attached hydrogen (secondary N) is 1. The average Bonchev–Trinajstić information content (AvgIpc) is 2.38. The van der Waals surface area contributed by atoms with Crippen molar-refractivity contribution in [2.24, 2.45) is 0 Å². The molecule has 1 aliphatic rings. The first-order valence-corrected chi connectivity index (χ1v) is 6.76. The van der Waals surface area contributed by atoms with Gasteiger partial charge in [-0.05, 0) is 30.5 Å². The molecule has 1 saturated heterocycles. The summed E-state index contributed by atoms with van der Waals surface area (Å²) in [5.41, 5.74) is 1.24. The van der Waals surface area contributed by atoms with Gasteiger partial charge < -0.3 is 10.2 Å². The molecule has 0 aliphatic carbocycles. The van der Waals surface area contributed by atoms with Crippen LogP contribution in [-0.4, -0.2) is 29.9 Å². The monoisotopic (exact) mass is 266 g/mol. The summed E-state index contributed by atoms with van der Waals surface area (Å²) in [6.45, 7) is 4.24. The van der Waals surface area contributed by atoms with Crippen LogP contribution in [0, 0.1) is 0 Å². The van der Waals surface area contributed by atoms with E-state index in [0.717, 1.165) is 37.5 Å². The van der Waals surface area contributed by atoms with E-state index in [4.69, 9.17) is 11.6 Å². The zero-order valence-electron chi connectivity index (χ0n) is 10.7. The predicted octanol–water partition coefficient (Wildman–Crippen LogP) is 2.44. The number of piperidine rings is 1. The first kappa shape index (κ1) is 13.4. The number of benzene rings is 1. The van der Waals surface area contributed by atoms with E-state index < -0.39 is 0 Å². The molecule has 4 heteroatoms.